The van der Waals surface area contributed by atoms with E-state index in [0.29, 0.717) is 0 Å². The molecule has 0 bridgehead atoms. The van der Waals surface area contributed by atoms with Gasteiger partial charge in [0.05, 0.1) is 0 Å². The predicted molar refractivity (Wildman–Crippen MR) is 39.3 cm³/mol. The molecular weight excluding hydrogens is 216 g/mol. The van der Waals surface area contributed by atoms with E-state index < -0.39 is 16.4 Å². The van der Waals surface area contributed by atoms with E-state index >= 15 is 0 Å². The third-order valence-electron chi connectivity index (χ3n) is 0.579. The number of nitrogens with zero attached hydrogens (tertiary/aromatic N) is 1. The van der Waals surface area contributed by atoms with Gasteiger partial charge in [0.2, 0.25) is 3.79 Å². The summed E-state index contributed by atoms with van der Waals surface area (Å²) in [6.45, 7) is -0.958. The highest BCUT2D eigenvalue weighted by atomic mass is 35.6. The highest BCUT2D eigenvalue weighted by Gasteiger charge is 2.21. The summed E-state index contributed by atoms with van der Waals surface area (Å²) < 4.78 is 2.69. The summed E-state index contributed by atoms with van der Waals surface area (Å²) in [6.07, 6.45) is 0. The molecule has 0 fully saturated rings. The molecule has 0 spiro atoms. The van der Waals surface area contributed by atoms with Crippen LogP contribution >= 0.6 is 34.8 Å². The van der Waals surface area contributed by atoms with Gasteiger partial charge in [-0.25, -0.2) is 4.79 Å². The van der Waals surface area contributed by atoms with E-state index in [0.717, 1.165) is 0 Å². The number of carbonyl (C=O) groups is 1. The Morgan fingerprint density at radius 3 is 2.36 bits per heavy atom. The summed E-state index contributed by atoms with van der Waals surface area (Å²) in [7, 11) is 0. The van der Waals surface area contributed by atoms with E-state index in [1.54, 1.807) is 0 Å². The average molecular weight is 220 g/mol. The van der Waals surface area contributed by atoms with Gasteiger partial charge in [-0.2, -0.15) is 0 Å². The minimum Gasteiger partial charge on any atom is -0.459 e. The average Bonchev–Trinajstić information content (AvgIpc) is 1.83. The minimum absolute atomic E-state index is 0.375. The third kappa shape index (κ3) is 8.16. The number of halogens is 3. The summed E-state index contributed by atoms with van der Waals surface area (Å²) >= 11 is 15.7. The van der Waals surface area contributed by atoms with Crippen LogP contribution in [0.5, 0.6) is 0 Å². The van der Waals surface area contributed by atoms with Gasteiger partial charge in [0.15, 0.2) is 6.61 Å². The number of ether oxygens (including phenoxy) is 1. The monoisotopic (exact) mass is 219 g/mol. The Bertz CT molecular complexity index is 135. The maximum absolute atomic E-state index is 10.4. The zero-order valence-electron chi connectivity index (χ0n) is 5.22. The fourth-order valence-electron chi connectivity index (χ4n) is 0.257. The second kappa shape index (κ2) is 5.00. The molecule has 0 aromatic rings. The third-order valence-corrected chi connectivity index (χ3v) is 0.907. The van der Waals surface area contributed by atoms with Crippen molar-refractivity contribution >= 4 is 40.8 Å². The lowest BCUT2D eigenvalue weighted by Crippen LogP contribution is -2.20. The van der Waals surface area contributed by atoms with Gasteiger partial charge in [0.25, 0.3) is 0 Å². The van der Waals surface area contributed by atoms with Gasteiger partial charge in [0, 0.05) is 5.90 Å². The molecule has 0 aromatic heterocycles. The second-order valence-corrected chi connectivity index (χ2v) is 4.07. The number of alkyl halides is 3. The Morgan fingerprint density at radius 1 is 1.45 bits per heavy atom. The van der Waals surface area contributed by atoms with Gasteiger partial charge in [-0.05, 0) is 0 Å². The number of hydrogen-bond donors (Lipinski definition) is 0. The van der Waals surface area contributed by atoms with Gasteiger partial charge >= 0.3 is 5.97 Å². The summed E-state index contributed by atoms with van der Waals surface area (Å²) in [5.41, 5.74) is 0. The molecule has 64 valence electrons. The van der Waals surface area contributed by atoms with Crippen molar-refractivity contribution in [3.63, 3.8) is 0 Å². The standard InChI is InChI=1S/C4H4Cl3NO3/c5-4(6,7)2-10-3(9)1-11-8/h1-2H2. The molecule has 0 rings (SSSR count). The van der Waals surface area contributed by atoms with Crippen LogP contribution in [0.1, 0.15) is 0 Å². The Hall–Kier alpha value is 0.260. The van der Waals surface area contributed by atoms with Crippen molar-refractivity contribution in [1.82, 2.24) is 5.90 Å². The molecule has 0 aliphatic rings. The maximum Gasteiger partial charge on any atom is 0.334 e. The van der Waals surface area contributed by atoms with Gasteiger partial charge in [-0.1, -0.05) is 34.8 Å². The minimum atomic E-state index is -1.63. The molecule has 11 heavy (non-hydrogen) atoms. The van der Waals surface area contributed by atoms with Crippen molar-refractivity contribution in [3.05, 3.63) is 0 Å². The lowest BCUT2D eigenvalue weighted by atomic mass is 10.7. The number of esters is 1. The van der Waals surface area contributed by atoms with E-state index in [1.165, 1.54) is 0 Å². The second-order valence-electron chi connectivity index (χ2n) is 1.55. The summed E-state index contributed by atoms with van der Waals surface area (Å²) in [5.74, 6) is 6.96. The van der Waals surface area contributed by atoms with Crippen molar-refractivity contribution in [2.45, 2.75) is 3.79 Å². The maximum atomic E-state index is 10.4. The van der Waals surface area contributed by atoms with Gasteiger partial charge in [-0.15, -0.1) is 0 Å². The van der Waals surface area contributed by atoms with E-state index in [-0.39, 0.29) is 6.61 Å². The van der Waals surface area contributed by atoms with Crippen LogP contribution in [0.2, 0.25) is 0 Å². The Labute approximate surface area is 78.4 Å². The normalized spacial score (nSPS) is 11.3. The fourth-order valence-corrected chi connectivity index (χ4v) is 0.420. The van der Waals surface area contributed by atoms with Crippen LogP contribution in [0.15, 0.2) is 0 Å². The zero-order chi connectivity index (χ0) is 8.91. The highest BCUT2D eigenvalue weighted by molar-refractivity contribution is 6.67. The molecule has 0 aromatic carbocycles. The quantitative estimate of drug-likeness (QED) is 0.403. The van der Waals surface area contributed by atoms with E-state index in [4.69, 9.17) is 40.7 Å². The van der Waals surface area contributed by atoms with Crippen LogP contribution in [0, 0.1) is 0 Å². The van der Waals surface area contributed by atoms with Gasteiger partial charge in [-0.3, -0.25) is 4.84 Å². The summed E-state index contributed by atoms with van der Waals surface area (Å²) in [5, 5.41) is 0. The Kier molecular flexibility index (Phi) is 5.12. The summed E-state index contributed by atoms with van der Waals surface area (Å²) in [6, 6.07) is 0. The van der Waals surface area contributed by atoms with Crippen molar-refractivity contribution in [1.29, 1.82) is 0 Å². The molecule has 4 nitrogen and oxygen atoms in total. The van der Waals surface area contributed by atoms with Crippen molar-refractivity contribution in [2.24, 2.45) is 0 Å². The molecule has 0 saturated carbocycles. The topological polar surface area (TPSA) is 57.8 Å². The molecule has 0 aliphatic heterocycles. The highest BCUT2D eigenvalue weighted by Crippen LogP contribution is 2.25. The smallest absolute Gasteiger partial charge is 0.334 e. The van der Waals surface area contributed by atoms with Gasteiger partial charge < -0.3 is 4.74 Å². The molecule has 0 aliphatic carbocycles. The first-order chi connectivity index (χ1) is 4.95. The molecule has 0 amide bonds. The zero-order valence-corrected chi connectivity index (χ0v) is 7.49. The number of rotatable bonds is 3. The molecule has 2 radical (unpaired) electrons. The molecule has 0 unspecified atom stereocenters. The first kappa shape index (κ1) is 11.3. The van der Waals surface area contributed by atoms with E-state index in [2.05, 4.69) is 9.57 Å². The fraction of sp³-hybridized carbons (Fsp3) is 0.750. The molecular formula is C4H4Cl3NO3. The lowest BCUT2D eigenvalue weighted by molar-refractivity contribution is -0.149. The first-order valence-corrected chi connectivity index (χ1v) is 3.58. The Morgan fingerprint density at radius 2 is 2.00 bits per heavy atom. The SMILES string of the molecule is [N]OCC(=O)OCC(Cl)(Cl)Cl. The van der Waals surface area contributed by atoms with Crippen molar-refractivity contribution in [2.75, 3.05) is 13.2 Å². The van der Waals surface area contributed by atoms with Crippen LogP contribution < -0.4 is 5.90 Å². The molecule has 0 N–H and O–H groups in total. The van der Waals surface area contributed by atoms with E-state index in [9.17, 15) is 4.79 Å². The molecule has 0 heterocycles. The Balaban J connectivity index is 3.46. The van der Waals surface area contributed by atoms with Gasteiger partial charge in [0.1, 0.15) is 6.61 Å². The molecule has 0 atom stereocenters. The first-order valence-electron chi connectivity index (χ1n) is 2.44. The summed E-state index contributed by atoms with van der Waals surface area (Å²) in [4.78, 5) is 13.9. The number of hydrogen-bond acceptors (Lipinski definition) is 3. The van der Waals surface area contributed by atoms with Crippen LogP contribution in [0.4, 0.5) is 0 Å². The van der Waals surface area contributed by atoms with Crippen molar-refractivity contribution < 1.29 is 14.4 Å². The lowest BCUT2D eigenvalue weighted by Gasteiger charge is -2.09. The number of carbonyl (C=O) groups excluding carboxylic acids is 1. The van der Waals surface area contributed by atoms with Crippen molar-refractivity contribution in [3.8, 4) is 0 Å². The predicted octanol–water partition coefficient (Wildman–Crippen LogP) is 0.900. The molecule has 0 saturated heterocycles. The largest absolute Gasteiger partial charge is 0.459 e. The van der Waals surface area contributed by atoms with Crippen LogP contribution in [0.25, 0.3) is 0 Å². The van der Waals surface area contributed by atoms with Crippen LogP contribution in [0.3, 0.4) is 0 Å². The van der Waals surface area contributed by atoms with E-state index in [1.807, 2.05) is 0 Å². The molecule has 7 heteroatoms. The van der Waals surface area contributed by atoms with Crippen LogP contribution in [-0.2, 0) is 14.4 Å². The van der Waals surface area contributed by atoms with Crippen LogP contribution in [-0.4, -0.2) is 23.0 Å².